The van der Waals surface area contributed by atoms with Gasteiger partial charge in [-0.25, -0.2) is 0 Å². The number of aryl methyl sites for hydroxylation is 1. The quantitative estimate of drug-likeness (QED) is 0.171. The van der Waals surface area contributed by atoms with Gasteiger partial charge in [0.1, 0.15) is 6.21 Å². The Morgan fingerprint density at radius 3 is 2.62 bits per heavy atom. The number of nitrogens with zero attached hydrogens (tertiary/aromatic N) is 3. The second kappa shape index (κ2) is 12.9. The first kappa shape index (κ1) is 25.5. The van der Waals surface area contributed by atoms with Gasteiger partial charge in [0.05, 0.1) is 5.52 Å². The summed E-state index contributed by atoms with van der Waals surface area (Å²) in [5, 5.41) is 16.6. The topological polar surface area (TPSA) is 77.8 Å². The molecule has 7 heteroatoms. The molecule has 0 unspecified atom stereocenters. The normalized spacial score (nSPS) is 12.8. The Kier molecular flexibility index (Phi) is 9.71. The summed E-state index contributed by atoms with van der Waals surface area (Å²) in [7, 11) is 0. The van der Waals surface area contributed by atoms with Gasteiger partial charge in [0.2, 0.25) is 0 Å². The van der Waals surface area contributed by atoms with Crippen molar-refractivity contribution in [2.45, 2.75) is 51.5 Å². The predicted octanol–water partition coefficient (Wildman–Crippen LogP) is 5.61. The second-order valence-electron chi connectivity index (χ2n) is 8.61. The highest BCUT2D eigenvalue weighted by molar-refractivity contribution is 6.25. The zero-order chi connectivity index (χ0) is 22.9. The number of carbonyl (C=O) groups excluding carboxylic acids is 1. The van der Waals surface area contributed by atoms with Gasteiger partial charge in [-0.3, -0.25) is 9.78 Å². The van der Waals surface area contributed by atoms with E-state index in [1.165, 1.54) is 35.2 Å². The van der Waals surface area contributed by atoms with Gasteiger partial charge in [-0.05, 0) is 62.1 Å². The van der Waals surface area contributed by atoms with Crippen molar-refractivity contribution in [3.05, 3.63) is 71.4 Å². The van der Waals surface area contributed by atoms with E-state index < -0.39 is 0 Å². The summed E-state index contributed by atoms with van der Waals surface area (Å²) >= 11 is 0. The van der Waals surface area contributed by atoms with E-state index in [-0.39, 0.29) is 18.3 Å². The molecule has 0 fully saturated rings. The van der Waals surface area contributed by atoms with Crippen LogP contribution < -0.4 is 5.32 Å². The van der Waals surface area contributed by atoms with E-state index in [4.69, 9.17) is 10.2 Å². The van der Waals surface area contributed by atoms with E-state index in [1.807, 2.05) is 30.3 Å². The molecule has 1 aliphatic carbocycles. The molecule has 34 heavy (non-hydrogen) atoms. The van der Waals surface area contributed by atoms with Crippen LogP contribution >= 0.6 is 12.4 Å². The highest BCUT2D eigenvalue weighted by Crippen LogP contribution is 2.33. The highest BCUT2D eigenvalue weighted by Gasteiger charge is 2.18. The predicted molar refractivity (Wildman–Crippen MR) is 140 cm³/mol. The van der Waals surface area contributed by atoms with Gasteiger partial charge in [-0.15, -0.1) is 12.4 Å². The number of halogens is 1. The van der Waals surface area contributed by atoms with E-state index in [2.05, 4.69) is 34.7 Å². The Balaban J connectivity index is 0.00000324. The third kappa shape index (κ3) is 6.48. The second-order valence-corrected chi connectivity index (χ2v) is 8.61. The van der Waals surface area contributed by atoms with Gasteiger partial charge in [0, 0.05) is 36.4 Å². The monoisotopic (exact) mass is 480 g/mol. The molecule has 1 aromatic heterocycles. The maximum atomic E-state index is 12.3. The fourth-order valence-electron chi connectivity index (χ4n) is 4.59. The molecule has 0 spiro atoms. The lowest BCUT2D eigenvalue weighted by molar-refractivity contribution is -0.124. The number of aromatic nitrogens is 1. The number of fused-ring (bicyclic) bond motifs is 2. The minimum atomic E-state index is -0.269. The first-order valence-corrected chi connectivity index (χ1v) is 11.9. The number of oxime groups is 1. The fraction of sp³-hybridized carbons (Fsp3) is 0.370. The summed E-state index contributed by atoms with van der Waals surface area (Å²) in [6.45, 7) is 2.04. The number of hydrogen-bond donors (Lipinski definition) is 2. The smallest absolute Gasteiger partial charge is 0.268 e. The van der Waals surface area contributed by atoms with E-state index in [0.717, 1.165) is 55.9 Å². The third-order valence-corrected chi connectivity index (χ3v) is 6.27. The molecule has 1 heterocycles. The Hall–Kier alpha value is -3.12. The van der Waals surface area contributed by atoms with Crippen LogP contribution in [0.1, 0.15) is 48.9 Å². The van der Waals surface area contributed by atoms with Crippen molar-refractivity contribution in [3.8, 4) is 0 Å². The molecule has 0 radical (unpaired) electrons. The Bertz CT molecular complexity index is 1100. The van der Waals surface area contributed by atoms with Crippen molar-refractivity contribution >= 4 is 41.1 Å². The number of rotatable bonds is 10. The molecule has 2 aromatic carbocycles. The largest absolute Gasteiger partial charge is 0.411 e. The van der Waals surface area contributed by atoms with E-state index >= 15 is 0 Å². The summed E-state index contributed by atoms with van der Waals surface area (Å²) in [5.41, 5.74) is 6.04. The van der Waals surface area contributed by atoms with Crippen molar-refractivity contribution in [1.82, 2.24) is 9.88 Å². The van der Waals surface area contributed by atoms with Crippen LogP contribution in [0.2, 0.25) is 0 Å². The molecule has 0 saturated heterocycles. The highest BCUT2D eigenvalue weighted by atomic mass is 35.5. The fourth-order valence-corrected chi connectivity index (χ4v) is 4.59. The van der Waals surface area contributed by atoms with Crippen molar-refractivity contribution < 1.29 is 10.0 Å². The van der Waals surface area contributed by atoms with Crippen molar-refractivity contribution in [2.24, 2.45) is 5.16 Å². The summed E-state index contributed by atoms with van der Waals surface area (Å²) in [6.07, 6.45) is 8.51. The van der Waals surface area contributed by atoms with Gasteiger partial charge in [-0.1, -0.05) is 53.7 Å². The number of pyridine rings is 1. The number of anilines is 1. The van der Waals surface area contributed by atoms with Crippen LogP contribution in [0, 0.1) is 0 Å². The number of nitrogens with one attached hydrogen (secondary N) is 1. The molecule has 0 atom stereocenters. The van der Waals surface area contributed by atoms with Crippen molar-refractivity contribution in [3.63, 3.8) is 0 Å². The minimum absolute atomic E-state index is 0. The molecule has 0 saturated carbocycles. The summed E-state index contributed by atoms with van der Waals surface area (Å²) < 4.78 is 0. The summed E-state index contributed by atoms with van der Waals surface area (Å²) in [4.78, 5) is 19.0. The summed E-state index contributed by atoms with van der Waals surface area (Å²) in [5.74, 6) is -0.269. The molecule has 180 valence electrons. The Morgan fingerprint density at radius 1 is 1.03 bits per heavy atom. The van der Waals surface area contributed by atoms with Crippen LogP contribution in [0.4, 0.5) is 5.69 Å². The van der Waals surface area contributed by atoms with Crippen LogP contribution in [-0.2, 0) is 24.2 Å². The maximum absolute atomic E-state index is 12.3. The van der Waals surface area contributed by atoms with Crippen LogP contribution in [0.5, 0.6) is 0 Å². The van der Waals surface area contributed by atoms with Crippen molar-refractivity contribution in [2.75, 3.05) is 18.4 Å². The Labute approximate surface area is 207 Å². The van der Waals surface area contributed by atoms with Crippen molar-refractivity contribution in [1.29, 1.82) is 0 Å². The van der Waals surface area contributed by atoms with E-state index in [9.17, 15) is 4.79 Å². The first-order valence-electron chi connectivity index (χ1n) is 11.9. The number of amides is 1. The lowest BCUT2D eigenvalue weighted by atomic mass is 9.92. The lowest BCUT2D eigenvalue weighted by Crippen LogP contribution is -2.32. The van der Waals surface area contributed by atoms with Gasteiger partial charge < -0.3 is 15.4 Å². The standard InChI is InChI=1S/C27H32N4O2.ClH/c32-26(19-29-33)31(20-21-11-3-1-4-12-21)18-10-2-9-17-28-27-22-13-5-7-15-24(22)30-25-16-8-6-14-23(25)27;/h1,3-5,7,11-13,15,19,33H,2,6,8-10,14,16-18,20H2,(H,28,30);1H. The molecule has 0 bridgehead atoms. The molecular weight excluding hydrogens is 448 g/mol. The molecule has 1 aliphatic rings. The van der Waals surface area contributed by atoms with Crippen LogP contribution in [0.25, 0.3) is 10.9 Å². The van der Waals surface area contributed by atoms with Gasteiger partial charge in [-0.2, -0.15) is 0 Å². The molecule has 1 amide bonds. The molecule has 3 aromatic rings. The molecule has 4 rings (SSSR count). The number of benzene rings is 2. The average molecular weight is 481 g/mol. The molecular formula is C27H33ClN4O2. The maximum Gasteiger partial charge on any atom is 0.268 e. The Morgan fingerprint density at radius 2 is 1.79 bits per heavy atom. The van der Waals surface area contributed by atoms with Crippen LogP contribution in [0.15, 0.2) is 59.8 Å². The van der Waals surface area contributed by atoms with E-state index in [1.54, 1.807) is 4.90 Å². The number of unbranched alkanes of at least 4 members (excludes halogenated alkanes) is 2. The molecule has 0 aliphatic heterocycles. The van der Waals surface area contributed by atoms with Gasteiger partial charge in [0.25, 0.3) is 5.91 Å². The number of hydrogen-bond acceptors (Lipinski definition) is 5. The zero-order valence-electron chi connectivity index (χ0n) is 19.4. The zero-order valence-corrected chi connectivity index (χ0v) is 20.3. The average Bonchev–Trinajstić information content (AvgIpc) is 2.85. The number of carbonyl (C=O) groups is 1. The SMILES string of the molecule is Cl.O=C(C=NO)N(CCCCCNc1c2c(nc3ccccc13)CCCC2)Cc1ccccc1. The van der Waals surface area contributed by atoms with E-state index in [0.29, 0.717) is 13.1 Å². The van der Waals surface area contributed by atoms with Gasteiger partial charge in [0.15, 0.2) is 0 Å². The van der Waals surface area contributed by atoms with Crippen LogP contribution in [-0.4, -0.2) is 40.3 Å². The lowest BCUT2D eigenvalue weighted by Gasteiger charge is -2.22. The third-order valence-electron chi connectivity index (χ3n) is 6.27. The van der Waals surface area contributed by atoms with Crippen LogP contribution in [0.3, 0.4) is 0 Å². The van der Waals surface area contributed by atoms with Gasteiger partial charge >= 0.3 is 0 Å². The molecule has 6 nitrogen and oxygen atoms in total. The summed E-state index contributed by atoms with van der Waals surface area (Å²) in [6, 6.07) is 18.3. The first-order chi connectivity index (χ1) is 16.3. The number of para-hydroxylation sites is 1. The minimum Gasteiger partial charge on any atom is -0.411 e. The molecule has 2 N–H and O–H groups in total.